The zero-order valence-corrected chi connectivity index (χ0v) is 26.8. The summed E-state index contributed by atoms with van der Waals surface area (Å²) >= 11 is 0. The Kier molecular flexibility index (Phi) is 12.9. The van der Waals surface area contributed by atoms with Crippen molar-refractivity contribution >= 4 is 42.5 Å². The zero-order chi connectivity index (χ0) is 29.7. The van der Waals surface area contributed by atoms with E-state index in [9.17, 15) is 19.5 Å². The van der Waals surface area contributed by atoms with Crippen molar-refractivity contribution in [3.05, 3.63) is 59.7 Å². The maximum absolute atomic E-state index is 13.7. The molecule has 44 heavy (non-hydrogen) atoms. The van der Waals surface area contributed by atoms with Crippen LogP contribution in [0.2, 0.25) is 0 Å². The van der Waals surface area contributed by atoms with Gasteiger partial charge >= 0.3 is 0 Å². The number of halogens is 2. The summed E-state index contributed by atoms with van der Waals surface area (Å²) in [5.41, 5.74) is 6.67. The van der Waals surface area contributed by atoms with Crippen molar-refractivity contribution in [2.75, 3.05) is 33.2 Å². The van der Waals surface area contributed by atoms with Crippen LogP contribution in [0.15, 0.2) is 48.5 Å². The molecule has 5 rings (SSSR count). The summed E-state index contributed by atoms with van der Waals surface area (Å²) in [5, 5.41) is 16.6. The lowest BCUT2D eigenvalue weighted by Gasteiger charge is -2.52. The number of nitrogens with one attached hydrogen (secondary N) is 2. The summed E-state index contributed by atoms with van der Waals surface area (Å²) in [6, 6.07) is 14.0. The van der Waals surface area contributed by atoms with E-state index in [1.54, 1.807) is 36.2 Å². The van der Waals surface area contributed by atoms with Gasteiger partial charge in [-0.15, -0.1) is 24.8 Å². The van der Waals surface area contributed by atoms with Gasteiger partial charge in [0.15, 0.2) is 0 Å². The Morgan fingerprint density at radius 2 is 1.61 bits per heavy atom. The first-order valence-electron chi connectivity index (χ1n) is 15.2. The molecule has 2 atom stereocenters. The maximum atomic E-state index is 13.7. The molecule has 0 unspecified atom stereocenters. The molecule has 3 amide bonds. The van der Waals surface area contributed by atoms with Gasteiger partial charge in [-0.25, -0.2) is 0 Å². The number of carbonyl (C=O) groups excluding carboxylic acids is 3. The lowest BCUT2D eigenvalue weighted by Crippen LogP contribution is -2.75. The van der Waals surface area contributed by atoms with Gasteiger partial charge in [0.1, 0.15) is 23.1 Å². The summed E-state index contributed by atoms with van der Waals surface area (Å²) in [6.07, 6.45) is 5.19. The van der Waals surface area contributed by atoms with E-state index in [2.05, 4.69) is 15.5 Å². The van der Waals surface area contributed by atoms with Gasteiger partial charge in [-0.05, 0) is 73.6 Å². The Hall–Kier alpha value is -2.89. The first-order valence-corrected chi connectivity index (χ1v) is 15.2. The van der Waals surface area contributed by atoms with Crippen molar-refractivity contribution in [3.63, 3.8) is 0 Å². The topological polar surface area (TPSA) is 137 Å². The molecule has 1 saturated carbocycles. The van der Waals surface area contributed by atoms with Crippen molar-refractivity contribution in [1.29, 1.82) is 0 Å². The van der Waals surface area contributed by atoms with E-state index in [1.165, 1.54) is 0 Å². The lowest BCUT2D eigenvalue weighted by molar-refractivity contribution is -0.165. The number of ether oxygens (including phenoxy) is 1. The van der Waals surface area contributed by atoms with Crippen molar-refractivity contribution in [3.8, 4) is 11.5 Å². The number of piperazine rings is 1. The SMILES string of the molecule is CNC(=O)c1ccc(Oc2ccc(CN3CCC4(CC3)C(=O)N[C@H]([C@H](O)C3CCCCC3)C(=O)N4CCN)cc2)cc1.Cl.Cl. The first kappa shape index (κ1) is 35.6. The largest absolute Gasteiger partial charge is 0.457 e. The number of amides is 3. The molecule has 0 bridgehead atoms. The molecule has 0 radical (unpaired) electrons. The molecule has 1 spiro atoms. The summed E-state index contributed by atoms with van der Waals surface area (Å²) in [4.78, 5) is 43.0. The van der Waals surface area contributed by atoms with E-state index in [0.29, 0.717) is 56.1 Å². The number of hydrogen-bond donors (Lipinski definition) is 4. The summed E-state index contributed by atoms with van der Waals surface area (Å²) in [6.45, 7) is 2.60. The van der Waals surface area contributed by atoms with E-state index < -0.39 is 17.7 Å². The number of nitrogens with zero attached hydrogens (tertiary/aromatic N) is 2. The molecule has 2 aromatic carbocycles. The highest BCUT2D eigenvalue weighted by molar-refractivity contribution is 6.00. The molecule has 2 aliphatic heterocycles. The molecule has 10 nitrogen and oxygen atoms in total. The fourth-order valence-corrected chi connectivity index (χ4v) is 6.73. The highest BCUT2D eigenvalue weighted by Crippen LogP contribution is 2.36. The van der Waals surface area contributed by atoms with Crippen LogP contribution in [0.4, 0.5) is 0 Å². The van der Waals surface area contributed by atoms with Crippen molar-refractivity contribution in [1.82, 2.24) is 20.4 Å². The Bertz CT molecular complexity index is 1250. The summed E-state index contributed by atoms with van der Waals surface area (Å²) < 4.78 is 5.93. The number of benzene rings is 2. The second-order valence-corrected chi connectivity index (χ2v) is 11.8. The van der Waals surface area contributed by atoms with Crippen LogP contribution in [-0.2, 0) is 16.1 Å². The van der Waals surface area contributed by atoms with Gasteiger partial charge in [0.2, 0.25) is 11.8 Å². The molecule has 2 heterocycles. The van der Waals surface area contributed by atoms with E-state index in [-0.39, 0.29) is 55.0 Å². The van der Waals surface area contributed by atoms with Gasteiger partial charge in [-0.2, -0.15) is 0 Å². The Balaban J connectivity index is 0.00000264. The van der Waals surface area contributed by atoms with Gasteiger partial charge in [-0.1, -0.05) is 31.4 Å². The van der Waals surface area contributed by atoms with Crippen molar-refractivity contribution < 1.29 is 24.2 Å². The summed E-state index contributed by atoms with van der Waals surface area (Å²) in [7, 11) is 1.60. The molecular weight excluding hydrogens is 605 g/mol. The highest BCUT2D eigenvalue weighted by Gasteiger charge is 2.55. The number of piperidine rings is 1. The fraction of sp³-hybridized carbons (Fsp3) is 0.531. The highest BCUT2D eigenvalue weighted by atomic mass is 35.5. The molecule has 0 aromatic heterocycles. The predicted molar refractivity (Wildman–Crippen MR) is 173 cm³/mol. The minimum Gasteiger partial charge on any atom is -0.457 e. The monoisotopic (exact) mass is 649 g/mol. The third kappa shape index (κ3) is 7.66. The second-order valence-electron chi connectivity index (χ2n) is 11.8. The maximum Gasteiger partial charge on any atom is 0.251 e. The minimum atomic E-state index is -0.930. The van der Waals surface area contributed by atoms with Crippen LogP contribution in [0, 0.1) is 5.92 Å². The molecule has 3 aliphatic rings. The lowest BCUT2D eigenvalue weighted by atomic mass is 9.78. The number of likely N-dealkylation sites (tertiary alicyclic amines) is 1. The van der Waals surface area contributed by atoms with Gasteiger partial charge in [0, 0.05) is 45.3 Å². The van der Waals surface area contributed by atoms with Crippen LogP contribution in [-0.4, -0.2) is 83.5 Å². The fourth-order valence-electron chi connectivity index (χ4n) is 6.73. The van der Waals surface area contributed by atoms with Crippen LogP contribution in [0.1, 0.15) is 60.9 Å². The van der Waals surface area contributed by atoms with Gasteiger partial charge in [0.25, 0.3) is 5.91 Å². The number of aliphatic hydroxyl groups excluding tert-OH is 1. The van der Waals surface area contributed by atoms with E-state index in [4.69, 9.17) is 10.5 Å². The minimum absolute atomic E-state index is 0. The molecule has 3 fully saturated rings. The zero-order valence-electron chi connectivity index (χ0n) is 25.2. The van der Waals surface area contributed by atoms with Gasteiger partial charge in [-0.3, -0.25) is 19.3 Å². The molecule has 12 heteroatoms. The molecule has 1 aliphatic carbocycles. The number of carbonyl (C=O) groups is 3. The van der Waals surface area contributed by atoms with E-state index in [0.717, 1.165) is 37.7 Å². The quantitative estimate of drug-likeness (QED) is 0.327. The average molecular weight is 651 g/mol. The molecule has 2 saturated heterocycles. The van der Waals surface area contributed by atoms with Crippen LogP contribution < -0.4 is 21.1 Å². The van der Waals surface area contributed by atoms with Gasteiger partial charge in [0.05, 0.1) is 6.10 Å². The molecular formula is C32H45Cl2N5O5. The van der Waals surface area contributed by atoms with Crippen molar-refractivity contribution in [2.45, 2.75) is 69.2 Å². The predicted octanol–water partition coefficient (Wildman–Crippen LogP) is 3.24. The van der Waals surface area contributed by atoms with Crippen LogP contribution in [0.5, 0.6) is 11.5 Å². The van der Waals surface area contributed by atoms with Crippen LogP contribution in [0.3, 0.4) is 0 Å². The molecule has 242 valence electrons. The van der Waals surface area contributed by atoms with E-state index in [1.807, 2.05) is 24.3 Å². The number of rotatable bonds is 9. The first-order chi connectivity index (χ1) is 20.3. The Morgan fingerprint density at radius 3 is 2.18 bits per heavy atom. The Labute approximate surface area is 271 Å². The van der Waals surface area contributed by atoms with Crippen LogP contribution >= 0.6 is 24.8 Å². The smallest absolute Gasteiger partial charge is 0.251 e. The Morgan fingerprint density at radius 1 is 1.02 bits per heavy atom. The number of aliphatic hydroxyl groups is 1. The standard InChI is InChI=1S/C32H43N5O5.2ClH/c1-34-29(39)24-9-13-26(14-10-24)42-25-11-7-22(8-12-25)21-36-18-15-32(16-19-36)31(41)35-27(30(40)37(32)20-17-33)28(38)23-5-3-2-4-6-23;;/h7-14,23,27-28,38H,2-6,15-21,33H2,1H3,(H,34,39)(H,35,41);2*1H/t27-,28-;;/m1../s1. The number of hydrogen-bond acceptors (Lipinski definition) is 7. The average Bonchev–Trinajstić information content (AvgIpc) is 3.03. The molecule has 5 N–H and O–H groups in total. The third-order valence-corrected chi connectivity index (χ3v) is 9.18. The third-order valence-electron chi connectivity index (χ3n) is 9.18. The normalized spacial score (nSPS) is 21.1. The van der Waals surface area contributed by atoms with E-state index >= 15 is 0 Å². The summed E-state index contributed by atoms with van der Waals surface area (Å²) in [5.74, 6) is 0.867. The van der Waals surface area contributed by atoms with Crippen LogP contribution in [0.25, 0.3) is 0 Å². The number of nitrogens with two attached hydrogens (primary N) is 1. The van der Waals surface area contributed by atoms with Crippen molar-refractivity contribution in [2.24, 2.45) is 11.7 Å². The van der Waals surface area contributed by atoms with Gasteiger partial charge < -0.3 is 31.1 Å². The molecule has 2 aromatic rings. The second kappa shape index (κ2) is 15.9.